The molecule has 0 aromatic rings. The summed E-state index contributed by atoms with van der Waals surface area (Å²) in [5.41, 5.74) is 1.19. The van der Waals surface area contributed by atoms with Crippen molar-refractivity contribution in [2.45, 2.75) is 13.0 Å². The van der Waals surface area contributed by atoms with Crippen LogP contribution >= 0.6 is 0 Å². The molecule has 0 heterocycles. The fourth-order valence-electron chi connectivity index (χ4n) is 6.71. The van der Waals surface area contributed by atoms with E-state index >= 15 is 0 Å². The van der Waals surface area contributed by atoms with E-state index in [0.717, 1.165) is 29.6 Å². The smallest absolute Gasteiger partial charge is 0.0613 e. The number of rotatable bonds is 3. The molecule has 6 aliphatic rings. The molecule has 6 aliphatic carbocycles. The van der Waals surface area contributed by atoms with Crippen LogP contribution in [0.4, 0.5) is 0 Å². The van der Waals surface area contributed by atoms with Crippen molar-refractivity contribution in [3.8, 4) is 0 Å². The molecule has 2 spiro atoms. The van der Waals surface area contributed by atoms with Crippen LogP contribution in [0.1, 0.15) is 6.92 Å². The third-order valence-corrected chi connectivity index (χ3v) is 7.69. The largest absolute Gasteiger partial charge is 0.396 e. The summed E-state index contributed by atoms with van der Waals surface area (Å²) in [5.74, 6) is 6.55. The van der Waals surface area contributed by atoms with Gasteiger partial charge < -0.3 is 10.2 Å². The Morgan fingerprint density at radius 3 is 2.20 bits per heavy atom. The number of aliphatic hydroxyl groups excluding tert-OH is 2. The van der Waals surface area contributed by atoms with Crippen LogP contribution in [0.2, 0.25) is 0 Å². The van der Waals surface area contributed by atoms with Gasteiger partial charge in [0.15, 0.2) is 0 Å². The van der Waals surface area contributed by atoms with E-state index in [0.29, 0.717) is 35.2 Å². The lowest BCUT2D eigenvalue weighted by molar-refractivity contribution is 0.0851. The second-order valence-electron chi connectivity index (χ2n) is 7.22. The summed E-state index contributed by atoms with van der Waals surface area (Å²) in [6, 6.07) is 0. The molecule has 6 saturated carbocycles. The minimum Gasteiger partial charge on any atom is -0.396 e. The highest BCUT2D eigenvalue weighted by atomic mass is 16.3. The molecule has 80 valence electrons. The lowest BCUT2D eigenvalue weighted by Crippen LogP contribution is -2.21. The van der Waals surface area contributed by atoms with Crippen molar-refractivity contribution >= 4 is 0 Å². The Kier molecular flexibility index (Phi) is 0.708. The quantitative estimate of drug-likeness (QED) is 0.696. The van der Waals surface area contributed by atoms with Crippen LogP contribution < -0.4 is 0 Å². The van der Waals surface area contributed by atoms with E-state index in [1.165, 1.54) is 0 Å². The zero-order valence-corrected chi connectivity index (χ0v) is 8.80. The molecule has 0 aromatic carbocycles. The van der Waals surface area contributed by atoms with Crippen LogP contribution in [-0.4, -0.2) is 22.9 Å². The monoisotopic (exact) mass is 204 g/mol. The van der Waals surface area contributed by atoms with E-state index in [9.17, 15) is 5.11 Å². The number of aliphatic hydroxyl groups is 2. The molecule has 2 N–H and O–H groups in total. The number of hydrogen-bond donors (Lipinski definition) is 2. The molecule has 11 unspecified atom stereocenters. The molecule has 2 nitrogen and oxygen atoms in total. The van der Waals surface area contributed by atoms with E-state index < -0.39 is 0 Å². The third-order valence-electron chi connectivity index (χ3n) is 7.69. The average Bonchev–Trinajstić information content (AvgIpc) is 2.94. The van der Waals surface area contributed by atoms with Gasteiger partial charge in [-0.15, -0.1) is 0 Å². The van der Waals surface area contributed by atoms with E-state index in [-0.39, 0.29) is 6.10 Å². The summed E-state index contributed by atoms with van der Waals surface area (Å²) in [7, 11) is 0. The van der Waals surface area contributed by atoms with E-state index in [4.69, 9.17) is 5.11 Å². The third kappa shape index (κ3) is 0.405. The molecule has 0 aromatic heterocycles. The van der Waals surface area contributed by atoms with Crippen LogP contribution in [-0.2, 0) is 0 Å². The Balaban J connectivity index is 1.24. The van der Waals surface area contributed by atoms with Crippen LogP contribution in [0.5, 0.6) is 0 Å². The standard InChI is InChI=1S/C13H16O2/c1-3-5-7-9(12(3,5)7)11(15)10-8-6-4(2-14)13(6,8)10/h3-11,14-15H,2H2,1H3. The number of hydrogen-bond acceptors (Lipinski definition) is 2. The molecule has 15 heavy (non-hydrogen) atoms. The zero-order valence-electron chi connectivity index (χ0n) is 8.80. The van der Waals surface area contributed by atoms with Crippen molar-refractivity contribution in [3.05, 3.63) is 0 Å². The molecule has 11 atom stereocenters. The average molecular weight is 204 g/mol. The van der Waals surface area contributed by atoms with Crippen molar-refractivity contribution in [2.24, 2.45) is 58.2 Å². The summed E-state index contributed by atoms with van der Waals surface area (Å²) in [6.07, 6.45) is 0.0222. The van der Waals surface area contributed by atoms with Gasteiger partial charge in [-0.1, -0.05) is 6.92 Å². The van der Waals surface area contributed by atoms with E-state index in [1.54, 1.807) is 0 Å². The topological polar surface area (TPSA) is 40.5 Å². The fraction of sp³-hybridized carbons (Fsp3) is 1.00. The SMILES string of the molecule is CC1C2C3C(C(O)C4C5C6C(CO)C465)C123. The van der Waals surface area contributed by atoms with Gasteiger partial charge in [0.2, 0.25) is 0 Å². The second kappa shape index (κ2) is 1.46. The van der Waals surface area contributed by atoms with E-state index in [2.05, 4.69) is 6.92 Å². The van der Waals surface area contributed by atoms with Crippen LogP contribution in [0.25, 0.3) is 0 Å². The Morgan fingerprint density at radius 1 is 1.07 bits per heavy atom. The van der Waals surface area contributed by atoms with Crippen molar-refractivity contribution in [2.75, 3.05) is 6.61 Å². The maximum Gasteiger partial charge on any atom is 0.0613 e. The summed E-state index contributed by atoms with van der Waals surface area (Å²) < 4.78 is 0. The zero-order chi connectivity index (χ0) is 9.90. The lowest BCUT2D eigenvalue weighted by atomic mass is 9.97. The Bertz CT molecular complexity index is 428. The molecule has 6 fully saturated rings. The Labute approximate surface area is 88.7 Å². The van der Waals surface area contributed by atoms with Gasteiger partial charge in [-0.05, 0) is 58.2 Å². The van der Waals surface area contributed by atoms with Crippen LogP contribution in [0.15, 0.2) is 0 Å². The van der Waals surface area contributed by atoms with Gasteiger partial charge >= 0.3 is 0 Å². The summed E-state index contributed by atoms with van der Waals surface area (Å²) >= 11 is 0. The molecule has 2 heteroatoms. The minimum absolute atomic E-state index is 0.0222. The molecule has 0 aliphatic heterocycles. The van der Waals surface area contributed by atoms with Gasteiger partial charge in [-0.3, -0.25) is 0 Å². The minimum atomic E-state index is 0.0222. The molecule has 0 bridgehead atoms. The first-order valence-electron chi connectivity index (χ1n) is 6.54. The van der Waals surface area contributed by atoms with Crippen molar-refractivity contribution in [3.63, 3.8) is 0 Å². The second-order valence-corrected chi connectivity index (χ2v) is 7.22. The van der Waals surface area contributed by atoms with Crippen molar-refractivity contribution in [1.29, 1.82) is 0 Å². The maximum absolute atomic E-state index is 10.4. The first kappa shape index (κ1) is 7.29. The Morgan fingerprint density at radius 2 is 1.73 bits per heavy atom. The summed E-state index contributed by atoms with van der Waals surface area (Å²) in [6.45, 7) is 2.74. The molecule has 0 amide bonds. The molecular formula is C13H16O2. The van der Waals surface area contributed by atoms with E-state index in [1.807, 2.05) is 0 Å². The van der Waals surface area contributed by atoms with Gasteiger partial charge in [0, 0.05) is 6.61 Å². The molecule has 6 rings (SSSR count). The van der Waals surface area contributed by atoms with Gasteiger partial charge in [-0.25, -0.2) is 0 Å². The molecular weight excluding hydrogens is 188 g/mol. The van der Waals surface area contributed by atoms with Gasteiger partial charge in [0.1, 0.15) is 0 Å². The predicted octanol–water partition coefficient (Wildman–Crippen LogP) is 0.343. The predicted molar refractivity (Wildman–Crippen MR) is 51.6 cm³/mol. The Hall–Kier alpha value is -0.0800. The van der Waals surface area contributed by atoms with Crippen LogP contribution in [0, 0.1) is 58.2 Å². The number of fused-ring (bicyclic) bond motifs is 2. The summed E-state index contributed by atoms with van der Waals surface area (Å²) in [4.78, 5) is 0. The molecule has 0 radical (unpaired) electrons. The van der Waals surface area contributed by atoms with Gasteiger partial charge in [0.25, 0.3) is 0 Å². The highest BCUT2D eigenvalue weighted by Crippen LogP contribution is 3.08. The van der Waals surface area contributed by atoms with Gasteiger partial charge in [0.05, 0.1) is 6.10 Å². The summed E-state index contributed by atoms with van der Waals surface area (Å²) in [5, 5.41) is 19.5. The fourth-order valence-corrected chi connectivity index (χ4v) is 6.71. The van der Waals surface area contributed by atoms with Crippen molar-refractivity contribution < 1.29 is 10.2 Å². The van der Waals surface area contributed by atoms with Crippen molar-refractivity contribution in [1.82, 2.24) is 0 Å². The maximum atomic E-state index is 10.4. The lowest BCUT2D eigenvalue weighted by Gasteiger charge is -2.14. The normalized spacial score (nSPS) is 88.2. The first-order valence-corrected chi connectivity index (χ1v) is 6.54. The first-order chi connectivity index (χ1) is 7.25. The molecule has 0 saturated heterocycles. The van der Waals surface area contributed by atoms with Gasteiger partial charge in [-0.2, -0.15) is 0 Å². The van der Waals surface area contributed by atoms with Crippen LogP contribution in [0.3, 0.4) is 0 Å². The highest BCUT2D eigenvalue weighted by Gasteiger charge is 3.08. The highest BCUT2D eigenvalue weighted by molar-refractivity contribution is 5.54.